The second-order valence-corrected chi connectivity index (χ2v) is 5.56. The Morgan fingerprint density at radius 3 is 2.62 bits per heavy atom. The van der Waals surface area contributed by atoms with Crippen LogP contribution < -0.4 is 15.4 Å². The Labute approximate surface area is 146 Å². The van der Waals surface area contributed by atoms with Crippen molar-refractivity contribution in [2.75, 3.05) is 18.5 Å². The third-order valence-corrected chi connectivity index (χ3v) is 3.71. The van der Waals surface area contributed by atoms with Crippen molar-refractivity contribution >= 4 is 29.1 Å². The highest BCUT2D eigenvalue weighted by Gasteiger charge is 2.12. The molecule has 5 nitrogen and oxygen atoms in total. The molecule has 24 heavy (non-hydrogen) atoms. The molecule has 0 aromatic heterocycles. The van der Waals surface area contributed by atoms with E-state index in [4.69, 9.17) is 16.3 Å². The number of carbonyl (C=O) groups is 2. The quantitative estimate of drug-likeness (QED) is 0.842. The van der Waals surface area contributed by atoms with E-state index < -0.39 is 0 Å². The average molecular weight is 347 g/mol. The predicted molar refractivity (Wildman–Crippen MR) is 94.8 cm³/mol. The van der Waals surface area contributed by atoms with E-state index in [0.717, 1.165) is 5.56 Å². The summed E-state index contributed by atoms with van der Waals surface area (Å²) in [6.45, 7) is 4.05. The summed E-state index contributed by atoms with van der Waals surface area (Å²) in [5.41, 5.74) is 1.73. The van der Waals surface area contributed by atoms with E-state index in [1.165, 1.54) is 0 Å². The fraction of sp³-hybridized carbons (Fsp3) is 0.222. The molecule has 6 heteroatoms. The fourth-order valence-electron chi connectivity index (χ4n) is 2.09. The largest absolute Gasteiger partial charge is 0.484 e. The highest BCUT2D eigenvalue weighted by Crippen LogP contribution is 2.21. The van der Waals surface area contributed by atoms with Gasteiger partial charge in [0.25, 0.3) is 11.8 Å². The van der Waals surface area contributed by atoms with Crippen molar-refractivity contribution in [2.24, 2.45) is 0 Å². The minimum atomic E-state index is -0.348. The SMILES string of the molecule is CCNC(=O)c1ccccc1NC(=O)COc1ccc(Cl)c(C)c1. The molecule has 0 unspecified atom stereocenters. The number of nitrogens with one attached hydrogen (secondary N) is 2. The number of aryl methyl sites for hydroxylation is 1. The number of hydrogen-bond donors (Lipinski definition) is 2. The van der Waals surface area contributed by atoms with E-state index in [1.807, 2.05) is 13.8 Å². The molecule has 0 fully saturated rings. The summed E-state index contributed by atoms with van der Waals surface area (Å²) < 4.78 is 5.45. The van der Waals surface area contributed by atoms with Crippen LogP contribution in [-0.4, -0.2) is 25.0 Å². The molecule has 2 aromatic carbocycles. The van der Waals surface area contributed by atoms with Gasteiger partial charge in [-0.3, -0.25) is 9.59 Å². The van der Waals surface area contributed by atoms with Crippen LogP contribution in [-0.2, 0) is 4.79 Å². The molecule has 126 valence electrons. The van der Waals surface area contributed by atoms with Crippen molar-refractivity contribution < 1.29 is 14.3 Å². The van der Waals surface area contributed by atoms with Crippen LogP contribution in [0.3, 0.4) is 0 Å². The highest BCUT2D eigenvalue weighted by molar-refractivity contribution is 6.31. The van der Waals surface area contributed by atoms with Gasteiger partial charge in [-0.25, -0.2) is 0 Å². The van der Waals surface area contributed by atoms with Crippen molar-refractivity contribution in [3.63, 3.8) is 0 Å². The third kappa shape index (κ3) is 4.73. The van der Waals surface area contributed by atoms with Crippen molar-refractivity contribution in [1.82, 2.24) is 5.32 Å². The van der Waals surface area contributed by atoms with E-state index in [2.05, 4.69) is 10.6 Å². The number of ether oxygens (including phenoxy) is 1. The maximum Gasteiger partial charge on any atom is 0.262 e. The summed E-state index contributed by atoms with van der Waals surface area (Å²) in [6.07, 6.45) is 0. The maximum atomic E-state index is 12.1. The molecule has 0 aliphatic carbocycles. The van der Waals surface area contributed by atoms with Gasteiger partial charge in [-0.15, -0.1) is 0 Å². The van der Waals surface area contributed by atoms with Gasteiger partial charge in [0, 0.05) is 11.6 Å². The molecule has 2 aromatic rings. The Morgan fingerprint density at radius 2 is 1.92 bits per heavy atom. The van der Waals surface area contributed by atoms with Gasteiger partial charge >= 0.3 is 0 Å². The fourth-order valence-corrected chi connectivity index (χ4v) is 2.21. The van der Waals surface area contributed by atoms with Crippen LogP contribution in [0.5, 0.6) is 5.75 Å². The molecule has 0 spiro atoms. The first-order valence-electron chi connectivity index (χ1n) is 7.57. The van der Waals surface area contributed by atoms with Crippen LogP contribution in [0.4, 0.5) is 5.69 Å². The molecular weight excluding hydrogens is 328 g/mol. The van der Waals surface area contributed by atoms with Crippen LogP contribution in [0.2, 0.25) is 5.02 Å². The number of benzene rings is 2. The normalized spacial score (nSPS) is 10.1. The Hall–Kier alpha value is -2.53. The zero-order valence-electron chi connectivity index (χ0n) is 13.6. The maximum absolute atomic E-state index is 12.1. The summed E-state index contributed by atoms with van der Waals surface area (Å²) >= 11 is 5.95. The lowest BCUT2D eigenvalue weighted by Gasteiger charge is -2.12. The molecule has 2 N–H and O–H groups in total. The molecule has 0 saturated heterocycles. The van der Waals surface area contributed by atoms with Crippen molar-refractivity contribution in [3.05, 3.63) is 58.6 Å². The summed E-state index contributed by atoms with van der Waals surface area (Å²) in [7, 11) is 0. The van der Waals surface area contributed by atoms with Gasteiger partial charge in [0.15, 0.2) is 6.61 Å². The van der Waals surface area contributed by atoms with Gasteiger partial charge in [-0.2, -0.15) is 0 Å². The van der Waals surface area contributed by atoms with Crippen LogP contribution in [0.25, 0.3) is 0 Å². The van der Waals surface area contributed by atoms with Crippen LogP contribution >= 0.6 is 11.6 Å². The third-order valence-electron chi connectivity index (χ3n) is 3.28. The molecule has 0 atom stereocenters. The molecule has 0 heterocycles. The second kappa shape index (κ2) is 8.36. The lowest BCUT2D eigenvalue weighted by atomic mass is 10.1. The number of halogens is 1. The van der Waals surface area contributed by atoms with E-state index >= 15 is 0 Å². The number of anilines is 1. The van der Waals surface area contributed by atoms with E-state index in [0.29, 0.717) is 28.6 Å². The molecule has 2 rings (SSSR count). The number of carbonyl (C=O) groups excluding carboxylic acids is 2. The van der Waals surface area contributed by atoms with Crippen molar-refractivity contribution in [2.45, 2.75) is 13.8 Å². The zero-order chi connectivity index (χ0) is 17.5. The van der Waals surface area contributed by atoms with Gasteiger partial charge in [0.05, 0.1) is 11.3 Å². The molecule has 0 saturated carbocycles. The first-order valence-corrected chi connectivity index (χ1v) is 7.95. The zero-order valence-corrected chi connectivity index (χ0v) is 14.3. The first-order chi connectivity index (χ1) is 11.5. The predicted octanol–water partition coefficient (Wildman–Crippen LogP) is 3.42. The number of hydrogen-bond acceptors (Lipinski definition) is 3. The lowest BCUT2D eigenvalue weighted by Crippen LogP contribution is -2.26. The van der Waals surface area contributed by atoms with E-state index in [1.54, 1.807) is 42.5 Å². The summed E-state index contributed by atoms with van der Waals surface area (Å²) in [4.78, 5) is 24.1. The topological polar surface area (TPSA) is 67.4 Å². The van der Waals surface area contributed by atoms with Gasteiger partial charge < -0.3 is 15.4 Å². The van der Waals surface area contributed by atoms with Crippen molar-refractivity contribution in [1.29, 1.82) is 0 Å². The first kappa shape index (κ1) is 17.8. The smallest absolute Gasteiger partial charge is 0.262 e. The average Bonchev–Trinajstić information content (AvgIpc) is 2.56. The number of amides is 2. The Balaban J connectivity index is 1.99. The van der Waals surface area contributed by atoms with E-state index in [-0.39, 0.29) is 18.4 Å². The minimum Gasteiger partial charge on any atom is -0.484 e. The molecule has 2 amide bonds. The second-order valence-electron chi connectivity index (χ2n) is 5.15. The van der Waals surface area contributed by atoms with E-state index in [9.17, 15) is 9.59 Å². The monoisotopic (exact) mass is 346 g/mol. The highest BCUT2D eigenvalue weighted by atomic mass is 35.5. The van der Waals surface area contributed by atoms with Gasteiger partial charge in [0.1, 0.15) is 5.75 Å². The van der Waals surface area contributed by atoms with Crippen molar-refractivity contribution in [3.8, 4) is 5.75 Å². The molecule has 0 radical (unpaired) electrons. The molecule has 0 bridgehead atoms. The lowest BCUT2D eigenvalue weighted by molar-refractivity contribution is -0.118. The molecule has 0 aliphatic heterocycles. The number of rotatable bonds is 6. The Bertz CT molecular complexity index is 747. The summed E-state index contributed by atoms with van der Waals surface area (Å²) in [6, 6.07) is 12.0. The van der Waals surface area contributed by atoms with Gasteiger partial charge in [-0.05, 0) is 49.7 Å². The number of para-hydroxylation sites is 1. The van der Waals surface area contributed by atoms with Gasteiger partial charge in [-0.1, -0.05) is 23.7 Å². The van der Waals surface area contributed by atoms with Crippen LogP contribution in [0.1, 0.15) is 22.8 Å². The Morgan fingerprint density at radius 1 is 1.17 bits per heavy atom. The van der Waals surface area contributed by atoms with Gasteiger partial charge in [0.2, 0.25) is 0 Å². The summed E-state index contributed by atoms with van der Waals surface area (Å²) in [5.74, 6) is -0.0222. The minimum absolute atomic E-state index is 0.162. The molecule has 0 aliphatic rings. The summed E-state index contributed by atoms with van der Waals surface area (Å²) in [5, 5.41) is 6.05. The van der Waals surface area contributed by atoms with Crippen LogP contribution in [0, 0.1) is 6.92 Å². The molecular formula is C18H19ClN2O3. The Kier molecular flexibility index (Phi) is 6.21. The standard InChI is InChI=1S/C18H19ClN2O3/c1-3-20-18(23)14-6-4-5-7-16(14)21-17(22)11-24-13-8-9-15(19)12(2)10-13/h4-10H,3,11H2,1-2H3,(H,20,23)(H,21,22). The van der Waals surface area contributed by atoms with Crippen LogP contribution in [0.15, 0.2) is 42.5 Å².